The third kappa shape index (κ3) is 4.94. The Labute approximate surface area is 184 Å². The van der Waals surface area contributed by atoms with E-state index in [0.29, 0.717) is 11.8 Å². The standard InChI is InChI=1S/C27H32F2O2/c1-3-18-5-10-23-16-22(12-11-21(23)15-18)20-8-6-19(7-9-20)17-31-25-14-13-24(30-4-2)26(28)27(25)29/h3,6-9,13-14,18,21-23H,1,4-5,10-12,15-17H2,2H3. The number of hydrogen-bond donors (Lipinski definition) is 0. The highest BCUT2D eigenvalue weighted by Gasteiger charge is 2.35. The Balaban J connectivity index is 1.34. The third-order valence-electron chi connectivity index (χ3n) is 7.14. The lowest BCUT2D eigenvalue weighted by Gasteiger charge is -2.41. The first-order chi connectivity index (χ1) is 15.1. The third-order valence-corrected chi connectivity index (χ3v) is 7.14. The van der Waals surface area contributed by atoms with Gasteiger partial charge in [0.1, 0.15) is 6.61 Å². The Bertz CT molecular complexity index is 893. The monoisotopic (exact) mass is 426 g/mol. The van der Waals surface area contributed by atoms with Crippen LogP contribution in [-0.4, -0.2) is 6.61 Å². The van der Waals surface area contributed by atoms with Crippen molar-refractivity contribution in [1.82, 2.24) is 0 Å². The molecule has 0 aromatic heterocycles. The number of rotatable bonds is 7. The number of hydrogen-bond acceptors (Lipinski definition) is 2. The van der Waals surface area contributed by atoms with Gasteiger partial charge in [-0.1, -0.05) is 30.3 Å². The molecule has 4 heteroatoms. The van der Waals surface area contributed by atoms with Gasteiger partial charge in [0, 0.05) is 0 Å². The predicted octanol–water partition coefficient (Wildman–Crippen LogP) is 7.43. The molecule has 0 bridgehead atoms. The van der Waals surface area contributed by atoms with Crippen LogP contribution >= 0.6 is 0 Å². The molecule has 31 heavy (non-hydrogen) atoms. The molecule has 2 saturated carbocycles. The quantitative estimate of drug-likeness (QED) is 0.429. The Kier molecular flexibility index (Phi) is 6.94. The summed E-state index contributed by atoms with van der Waals surface area (Å²) in [7, 11) is 0. The Morgan fingerprint density at radius 2 is 1.52 bits per heavy atom. The van der Waals surface area contributed by atoms with Crippen molar-refractivity contribution in [1.29, 1.82) is 0 Å². The molecular formula is C27H32F2O2. The molecule has 0 radical (unpaired) electrons. The van der Waals surface area contributed by atoms with Gasteiger partial charge in [0.25, 0.3) is 0 Å². The molecule has 4 rings (SSSR count). The molecule has 0 heterocycles. The minimum atomic E-state index is -1.01. The molecule has 0 amide bonds. The zero-order valence-electron chi connectivity index (χ0n) is 18.3. The van der Waals surface area contributed by atoms with Gasteiger partial charge in [-0.2, -0.15) is 8.78 Å². The van der Waals surface area contributed by atoms with E-state index in [0.717, 1.165) is 17.4 Å². The molecule has 2 nitrogen and oxygen atoms in total. The molecule has 166 valence electrons. The average molecular weight is 427 g/mol. The van der Waals surface area contributed by atoms with Crippen LogP contribution in [0.15, 0.2) is 49.1 Å². The van der Waals surface area contributed by atoms with Gasteiger partial charge in [-0.05, 0) is 92.4 Å². The van der Waals surface area contributed by atoms with Gasteiger partial charge in [-0.15, -0.1) is 6.58 Å². The van der Waals surface area contributed by atoms with E-state index in [2.05, 4.69) is 24.8 Å². The summed E-state index contributed by atoms with van der Waals surface area (Å²) in [5, 5.41) is 0. The van der Waals surface area contributed by atoms with E-state index in [1.807, 2.05) is 12.1 Å². The van der Waals surface area contributed by atoms with E-state index in [1.165, 1.54) is 56.2 Å². The first-order valence-electron chi connectivity index (χ1n) is 11.5. The van der Waals surface area contributed by atoms with Crippen molar-refractivity contribution in [3.05, 3.63) is 71.8 Å². The fraction of sp³-hybridized carbons (Fsp3) is 0.481. The Hall–Kier alpha value is -2.36. The average Bonchev–Trinajstić information content (AvgIpc) is 2.81. The lowest BCUT2D eigenvalue weighted by Crippen LogP contribution is -2.29. The van der Waals surface area contributed by atoms with Gasteiger partial charge >= 0.3 is 0 Å². The van der Waals surface area contributed by atoms with Gasteiger partial charge in [-0.25, -0.2) is 0 Å². The fourth-order valence-electron chi connectivity index (χ4n) is 5.38. The lowest BCUT2D eigenvalue weighted by atomic mass is 9.64. The summed E-state index contributed by atoms with van der Waals surface area (Å²) < 4.78 is 38.8. The van der Waals surface area contributed by atoms with E-state index >= 15 is 0 Å². The number of benzene rings is 2. The Morgan fingerprint density at radius 3 is 2.19 bits per heavy atom. The molecule has 2 aliphatic carbocycles. The zero-order chi connectivity index (χ0) is 21.8. The van der Waals surface area contributed by atoms with Crippen LogP contribution in [0.3, 0.4) is 0 Å². The van der Waals surface area contributed by atoms with Crippen LogP contribution in [0.4, 0.5) is 8.78 Å². The zero-order valence-corrected chi connectivity index (χ0v) is 18.3. The maximum atomic E-state index is 14.2. The minimum absolute atomic E-state index is 0.0931. The highest BCUT2D eigenvalue weighted by Crippen LogP contribution is 2.47. The van der Waals surface area contributed by atoms with Crippen molar-refractivity contribution in [2.24, 2.45) is 17.8 Å². The molecule has 0 spiro atoms. The molecule has 0 aliphatic heterocycles. The molecule has 2 aromatic carbocycles. The largest absolute Gasteiger partial charge is 0.491 e. The molecule has 2 aromatic rings. The van der Waals surface area contributed by atoms with Crippen molar-refractivity contribution in [3.63, 3.8) is 0 Å². The smallest absolute Gasteiger partial charge is 0.204 e. The summed E-state index contributed by atoms with van der Waals surface area (Å²) >= 11 is 0. The summed E-state index contributed by atoms with van der Waals surface area (Å²) in [6.45, 7) is 6.19. The molecule has 0 saturated heterocycles. The van der Waals surface area contributed by atoms with Crippen LogP contribution < -0.4 is 9.47 Å². The van der Waals surface area contributed by atoms with E-state index < -0.39 is 11.6 Å². The topological polar surface area (TPSA) is 18.5 Å². The maximum absolute atomic E-state index is 14.2. The molecule has 4 unspecified atom stereocenters. The van der Waals surface area contributed by atoms with Crippen LogP contribution in [0.25, 0.3) is 0 Å². The second kappa shape index (κ2) is 9.84. The predicted molar refractivity (Wildman–Crippen MR) is 119 cm³/mol. The first-order valence-corrected chi connectivity index (χ1v) is 11.5. The molecule has 0 N–H and O–H groups in total. The van der Waals surface area contributed by atoms with E-state index in [4.69, 9.17) is 9.47 Å². The maximum Gasteiger partial charge on any atom is 0.204 e. The van der Waals surface area contributed by atoms with Crippen molar-refractivity contribution in [2.45, 2.75) is 58.0 Å². The van der Waals surface area contributed by atoms with Crippen LogP contribution in [0.2, 0.25) is 0 Å². The molecule has 2 fully saturated rings. The number of ether oxygens (including phenoxy) is 2. The number of fused-ring (bicyclic) bond motifs is 1. The normalized spacial score (nSPS) is 25.5. The second-order valence-electron chi connectivity index (χ2n) is 8.99. The van der Waals surface area contributed by atoms with Gasteiger partial charge in [0.05, 0.1) is 6.61 Å². The SMILES string of the molecule is C=CC1CCC2CC(c3ccc(COc4ccc(OCC)c(F)c4F)cc3)CCC2C1. The van der Waals surface area contributed by atoms with E-state index in [9.17, 15) is 8.78 Å². The van der Waals surface area contributed by atoms with E-state index in [-0.39, 0.29) is 24.7 Å². The van der Waals surface area contributed by atoms with Gasteiger partial charge in [-0.3, -0.25) is 0 Å². The summed E-state index contributed by atoms with van der Waals surface area (Å²) in [5.41, 5.74) is 2.32. The van der Waals surface area contributed by atoms with Crippen molar-refractivity contribution in [3.8, 4) is 11.5 Å². The van der Waals surface area contributed by atoms with Crippen LogP contribution in [0, 0.1) is 29.4 Å². The fourth-order valence-corrected chi connectivity index (χ4v) is 5.38. The van der Waals surface area contributed by atoms with Gasteiger partial charge in [0.2, 0.25) is 11.6 Å². The molecular weight excluding hydrogens is 394 g/mol. The van der Waals surface area contributed by atoms with Gasteiger partial charge in [0.15, 0.2) is 11.5 Å². The van der Waals surface area contributed by atoms with Crippen LogP contribution in [0.5, 0.6) is 11.5 Å². The second-order valence-corrected chi connectivity index (χ2v) is 8.99. The number of halogens is 2. The highest BCUT2D eigenvalue weighted by atomic mass is 19.2. The van der Waals surface area contributed by atoms with Crippen LogP contribution in [0.1, 0.15) is 62.5 Å². The lowest BCUT2D eigenvalue weighted by molar-refractivity contribution is 0.133. The first kappa shape index (κ1) is 21.9. The van der Waals surface area contributed by atoms with Crippen molar-refractivity contribution < 1.29 is 18.3 Å². The van der Waals surface area contributed by atoms with Crippen LogP contribution in [-0.2, 0) is 6.61 Å². The summed E-state index contributed by atoms with van der Waals surface area (Å²) in [4.78, 5) is 0. The molecule has 4 atom stereocenters. The Morgan fingerprint density at radius 1 is 0.871 bits per heavy atom. The summed E-state index contributed by atoms with van der Waals surface area (Å²) in [6.07, 6.45) is 9.92. The summed E-state index contributed by atoms with van der Waals surface area (Å²) in [5.74, 6) is 0.835. The highest BCUT2D eigenvalue weighted by molar-refractivity contribution is 5.35. The van der Waals surface area contributed by atoms with E-state index in [1.54, 1.807) is 6.92 Å². The molecule has 2 aliphatic rings. The van der Waals surface area contributed by atoms with Crippen molar-refractivity contribution in [2.75, 3.05) is 6.61 Å². The van der Waals surface area contributed by atoms with Gasteiger partial charge < -0.3 is 9.47 Å². The van der Waals surface area contributed by atoms with Crippen molar-refractivity contribution >= 4 is 0 Å². The minimum Gasteiger partial charge on any atom is -0.491 e. The number of allylic oxidation sites excluding steroid dienone is 1. The summed E-state index contributed by atoms with van der Waals surface area (Å²) in [6, 6.07) is 11.2.